The molecule has 3 aromatic rings. The highest BCUT2D eigenvalue weighted by molar-refractivity contribution is 7.99. The first-order valence-corrected chi connectivity index (χ1v) is 9.53. The van der Waals surface area contributed by atoms with Crippen molar-refractivity contribution < 1.29 is 13.3 Å². The van der Waals surface area contributed by atoms with E-state index in [1.54, 1.807) is 24.3 Å². The predicted octanol–water partition coefficient (Wildman–Crippen LogP) is 3.85. The molecule has 1 atom stereocenters. The molecule has 1 aromatic carbocycles. The van der Waals surface area contributed by atoms with Gasteiger partial charge in [0, 0.05) is 10.6 Å². The molecule has 0 fully saturated rings. The third-order valence-corrected chi connectivity index (χ3v) is 4.57. The van der Waals surface area contributed by atoms with E-state index in [2.05, 4.69) is 36.0 Å². The highest BCUT2D eigenvalue weighted by atomic mass is 32.2. The van der Waals surface area contributed by atoms with Gasteiger partial charge in [-0.3, -0.25) is 5.10 Å². The summed E-state index contributed by atoms with van der Waals surface area (Å²) in [4.78, 5) is 8.80. The third-order valence-electron chi connectivity index (χ3n) is 3.63. The molecule has 0 saturated heterocycles. The van der Waals surface area contributed by atoms with Crippen molar-refractivity contribution in [3.63, 3.8) is 0 Å². The third kappa shape index (κ3) is 5.23. The largest absolute Gasteiger partial charge is 0.350 e. The molecule has 2 heterocycles. The Hall–Kier alpha value is -2.60. The number of thioether (sulfide) groups is 1. The van der Waals surface area contributed by atoms with Crippen LogP contribution in [-0.2, 0) is 0 Å². The van der Waals surface area contributed by atoms with E-state index in [1.807, 2.05) is 13.8 Å². The molecule has 0 spiro atoms. The highest BCUT2D eigenvalue weighted by Crippen LogP contribution is 2.26. The van der Waals surface area contributed by atoms with Crippen LogP contribution in [0.3, 0.4) is 0 Å². The summed E-state index contributed by atoms with van der Waals surface area (Å²) >= 11 is 5.84. The topological polar surface area (TPSA) is 105 Å². The van der Waals surface area contributed by atoms with Gasteiger partial charge in [0.25, 0.3) is 5.76 Å². The number of nitrogens with zero attached hydrogens (tertiary/aromatic N) is 4. The fourth-order valence-electron chi connectivity index (χ4n) is 2.31. The lowest BCUT2D eigenvalue weighted by atomic mass is 10.0. The Morgan fingerprint density at radius 3 is 2.61 bits per heavy atom. The van der Waals surface area contributed by atoms with E-state index >= 15 is 0 Å². The summed E-state index contributed by atoms with van der Waals surface area (Å²) in [5.74, 6) is -1.31. The first kappa shape index (κ1) is 20.1. The monoisotopic (exact) mass is 425 g/mol. The molecular formula is C16H17F2N7OS2. The summed E-state index contributed by atoms with van der Waals surface area (Å²) in [5, 5.41) is 16.8. The maximum atomic E-state index is 12.4. The highest BCUT2D eigenvalue weighted by Gasteiger charge is 2.24. The SMILES string of the molecule is CC(C)C(NC(=S)Nc1ccc(SC(F)F)cc1)c1nc(-c2ncn[nH]2)no1. The molecule has 28 heavy (non-hydrogen) atoms. The second kappa shape index (κ2) is 9.06. The van der Waals surface area contributed by atoms with Gasteiger partial charge in [0.1, 0.15) is 12.4 Å². The average molecular weight is 425 g/mol. The summed E-state index contributed by atoms with van der Waals surface area (Å²) in [7, 11) is 0. The minimum Gasteiger partial charge on any atom is -0.350 e. The van der Waals surface area contributed by atoms with Crippen molar-refractivity contribution in [2.45, 2.75) is 30.5 Å². The maximum Gasteiger partial charge on any atom is 0.288 e. The van der Waals surface area contributed by atoms with E-state index in [0.29, 0.717) is 45.0 Å². The van der Waals surface area contributed by atoms with Crippen molar-refractivity contribution in [2.24, 2.45) is 5.92 Å². The van der Waals surface area contributed by atoms with Gasteiger partial charge in [0.05, 0.1) is 0 Å². The molecule has 0 bridgehead atoms. The second-order valence-corrected chi connectivity index (χ2v) is 7.49. The number of hydrogen-bond acceptors (Lipinski definition) is 7. The summed E-state index contributed by atoms with van der Waals surface area (Å²) in [6.45, 7) is 3.96. The van der Waals surface area contributed by atoms with Crippen LogP contribution < -0.4 is 10.6 Å². The number of thiocarbonyl (C=S) groups is 1. The fourth-order valence-corrected chi connectivity index (χ4v) is 3.06. The number of aromatic amines is 1. The van der Waals surface area contributed by atoms with Gasteiger partial charge in [0.2, 0.25) is 11.7 Å². The van der Waals surface area contributed by atoms with Gasteiger partial charge in [-0.05, 0) is 42.4 Å². The van der Waals surface area contributed by atoms with Gasteiger partial charge < -0.3 is 15.2 Å². The zero-order valence-electron chi connectivity index (χ0n) is 14.9. The van der Waals surface area contributed by atoms with E-state index in [9.17, 15) is 8.78 Å². The van der Waals surface area contributed by atoms with Crippen molar-refractivity contribution in [3.8, 4) is 11.6 Å². The number of hydrogen-bond donors (Lipinski definition) is 3. The molecule has 0 aliphatic carbocycles. The maximum absolute atomic E-state index is 12.4. The Bertz CT molecular complexity index is 900. The zero-order chi connectivity index (χ0) is 20.1. The number of alkyl halides is 2. The molecule has 12 heteroatoms. The van der Waals surface area contributed by atoms with Gasteiger partial charge in [-0.15, -0.1) is 0 Å². The summed E-state index contributed by atoms with van der Waals surface area (Å²) in [6, 6.07) is 6.22. The van der Waals surface area contributed by atoms with Crippen LogP contribution in [-0.4, -0.2) is 36.2 Å². The summed E-state index contributed by atoms with van der Waals surface area (Å²) in [5.41, 5.74) is 0.673. The van der Waals surface area contributed by atoms with Crippen LogP contribution in [0.25, 0.3) is 11.6 Å². The molecule has 0 aliphatic heterocycles. The lowest BCUT2D eigenvalue weighted by molar-refractivity contribution is 0.252. The first-order chi connectivity index (χ1) is 13.4. The van der Waals surface area contributed by atoms with Crippen molar-refractivity contribution in [2.75, 3.05) is 5.32 Å². The van der Waals surface area contributed by atoms with Crippen LogP contribution in [0.4, 0.5) is 14.5 Å². The van der Waals surface area contributed by atoms with E-state index in [1.165, 1.54) is 6.33 Å². The number of rotatable bonds is 7. The summed E-state index contributed by atoms with van der Waals surface area (Å²) in [6.07, 6.45) is 1.35. The molecule has 1 unspecified atom stereocenters. The van der Waals surface area contributed by atoms with E-state index in [-0.39, 0.29) is 12.0 Å². The Morgan fingerprint density at radius 2 is 2.00 bits per heavy atom. The van der Waals surface area contributed by atoms with Crippen LogP contribution in [0.5, 0.6) is 0 Å². The molecule has 0 amide bonds. The standard InChI is InChI=1S/C16H17F2N7OS2/c1-8(2)11(14-23-13(25-26-14)12-19-7-20-24-12)22-16(27)21-9-3-5-10(6-4-9)28-15(17)18/h3-8,11,15H,1-2H3,(H,19,20,24)(H2,21,22,27). The number of aromatic nitrogens is 5. The Labute approximate surface area is 168 Å². The van der Waals surface area contributed by atoms with E-state index in [4.69, 9.17) is 16.7 Å². The fraction of sp³-hybridized carbons (Fsp3) is 0.312. The zero-order valence-corrected chi connectivity index (χ0v) is 16.5. The Balaban J connectivity index is 1.65. The minimum atomic E-state index is -2.45. The molecule has 8 nitrogen and oxygen atoms in total. The minimum absolute atomic E-state index is 0.0904. The molecule has 0 aliphatic rings. The molecule has 2 aromatic heterocycles. The van der Waals surface area contributed by atoms with Crippen molar-refractivity contribution in [1.29, 1.82) is 0 Å². The molecule has 148 valence electrons. The van der Waals surface area contributed by atoms with Crippen LogP contribution >= 0.6 is 24.0 Å². The molecular weight excluding hydrogens is 408 g/mol. The normalized spacial score (nSPS) is 12.4. The summed E-state index contributed by atoms with van der Waals surface area (Å²) < 4.78 is 30.1. The number of halogens is 2. The number of anilines is 1. The first-order valence-electron chi connectivity index (χ1n) is 8.24. The van der Waals surface area contributed by atoms with Gasteiger partial charge in [-0.2, -0.15) is 18.9 Å². The van der Waals surface area contributed by atoms with Gasteiger partial charge in [-0.1, -0.05) is 30.8 Å². The van der Waals surface area contributed by atoms with E-state index < -0.39 is 5.76 Å². The van der Waals surface area contributed by atoms with Crippen LogP contribution in [0.1, 0.15) is 25.8 Å². The molecule has 3 rings (SSSR count). The van der Waals surface area contributed by atoms with Gasteiger partial charge in [-0.25, -0.2) is 4.98 Å². The average Bonchev–Trinajstić information content (AvgIpc) is 3.32. The van der Waals surface area contributed by atoms with Crippen LogP contribution in [0, 0.1) is 5.92 Å². The quantitative estimate of drug-likeness (QED) is 0.384. The molecule has 3 N–H and O–H groups in total. The predicted molar refractivity (Wildman–Crippen MR) is 105 cm³/mol. The van der Waals surface area contributed by atoms with Crippen molar-refractivity contribution in [3.05, 3.63) is 36.5 Å². The van der Waals surface area contributed by atoms with Gasteiger partial charge >= 0.3 is 0 Å². The number of nitrogens with one attached hydrogen (secondary N) is 3. The lowest BCUT2D eigenvalue weighted by Crippen LogP contribution is -2.35. The molecule has 0 saturated carbocycles. The van der Waals surface area contributed by atoms with Crippen LogP contribution in [0.2, 0.25) is 0 Å². The van der Waals surface area contributed by atoms with Crippen molar-refractivity contribution >= 4 is 34.8 Å². The molecule has 0 radical (unpaired) electrons. The van der Waals surface area contributed by atoms with E-state index in [0.717, 1.165) is 0 Å². The van der Waals surface area contributed by atoms with Crippen LogP contribution in [0.15, 0.2) is 40.0 Å². The van der Waals surface area contributed by atoms with Gasteiger partial charge in [0.15, 0.2) is 10.9 Å². The number of H-pyrrole nitrogens is 1. The lowest BCUT2D eigenvalue weighted by Gasteiger charge is -2.20. The smallest absolute Gasteiger partial charge is 0.288 e. The van der Waals surface area contributed by atoms with Crippen molar-refractivity contribution in [1.82, 2.24) is 30.6 Å². The Kier molecular flexibility index (Phi) is 6.52. The number of benzene rings is 1. The Morgan fingerprint density at radius 1 is 1.25 bits per heavy atom. The second-order valence-electron chi connectivity index (χ2n) is 6.01.